The topological polar surface area (TPSA) is 198 Å². The molecule has 6 atom stereocenters. The molecule has 316 valence electrons. The van der Waals surface area contributed by atoms with Gasteiger partial charge in [-0.3, -0.25) is 9.59 Å². The lowest BCUT2D eigenvalue weighted by atomic mass is 10.0. The van der Waals surface area contributed by atoms with Crippen molar-refractivity contribution in [3.05, 3.63) is 70.5 Å². The minimum absolute atomic E-state index is 0.150. The number of benzene rings is 2. The molecule has 0 aliphatic carbocycles. The van der Waals surface area contributed by atoms with Crippen LogP contribution in [0, 0.1) is 11.8 Å². The van der Waals surface area contributed by atoms with E-state index in [0.29, 0.717) is 47.6 Å². The lowest BCUT2D eigenvalue weighted by molar-refractivity contribution is -0.136. The molecule has 2 aliphatic heterocycles. The Labute approximate surface area is 356 Å². The van der Waals surface area contributed by atoms with Crippen molar-refractivity contribution in [2.24, 2.45) is 11.8 Å². The number of halogens is 2. The van der Waals surface area contributed by atoms with E-state index in [1.165, 1.54) is 14.2 Å². The standard InChI is InChI=1S/C41H50Cl2N8O7S/c1-21(2)30(46-40(54)57-5)38(52)50-18-8-9-28(50)36-44-32(34(42)48-36)25-14-10-23(11-15-25)24-12-16-26(17-13-24)33-35(43)49-37(45-33)29-19-27(59(7)56)20-51(29)39(53)31(22(3)4)47-41(55)58-6/h10-17,21-22,27-31H,8-9,18-20H2,1-7H3,(H,44,48)(H,45,49)(H,46,54)(H,47,55)/t27-,28-,29-,30-,31-,59?/m0/s1. The zero-order valence-electron chi connectivity index (χ0n) is 34.0. The van der Waals surface area contributed by atoms with E-state index in [1.807, 2.05) is 76.2 Å². The Kier molecular flexibility index (Phi) is 13.8. The summed E-state index contributed by atoms with van der Waals surface area (Å²) in [5.74, 6) is 0.151. The first-order chi connectivity index (χ1) is 28.1. The van der Waals surface area contributed by atoms with Crippen LogP contribution in [0.5, 0.6) is 0 Å². The third-order valence-corrected chi connectivity index (χ3v) is 12.8. The van der Waals surface area contributed by atoms with E-state index < -0.39 is 41.5 Å². The molecular formula is C41H50Cl2N8O7S. The Bertz CT molecular complexity index is 2140. The van der Waals surface area contributed by atoms with Crippen LogP contribution in [0.3, 0.4) is 0 Å². The van der Waals surface area contributed by atoms with Gasteiger partial charge in [0.15, 0.2) is 10.3 Å². The molecule has 6 rings (SSSR count). The number of alkyl carbamates (subject to hydrolysis) is 2. The van der Waals surface area contributed by atoms with Crippen molar-refractivity contribution >= 4 is 58.4 Å². The average molecular weight is 870 g/mol. The number of aromatic nitrogens is 4. The Morgan fingerprint density at radius 2 is 1.17 bits per heavy atom. The van der Waals surface area contributed by atoms with Crippen molar-refractivity contribution in [3.63, 3.8) is 0 Å². The number of hydrogen-bond acceptors (Lipinski definition) is 9. The molecular weight excluding hydrogens is 819 g/mol. The van der Waals surface area contributed by atoms with Gasteiger partial charge in [0, 0.05) is 24.1 Å². The fourth-order valence-electron chi connectivity index (χ4n) is 7.71. The highest BCUT2D eigenvalue weighted by Gasteiger charge is 2.45. The Balaban J connectivity index is 1.17. The largest absolute Gasteiger partial charge is 0.616 e. The Morgan fingerprint density at radius 3 is 1.59 bits per heavy atom. The van der Waals surface area contributed by atoms with E-state index in [2.05, 4.69) is 30.6 Å². The van der Waals surface area contributed by atoms with Crippen LogP contribution < -0.4 is 10.6 Å². The second-order valence-corrected chi connectivity index (χ2v) is 17.9. The number of likely N-dealkylation sites (tertiary alicyclic amines) is 2. The lowest BCUT2D eigenvalue weighted by Gasteiger charge is -2.29. The summed E-state index contributed by atoms with van der Waals surface area (Å²) in [6.07, 6.45) is 2.15. The van der Waals surface area contributed by atoms with Crippen molar-refractivity contribution in [1.29, 1.82) is 0 Å². The average Bonchev–Trinajstić information content (AvgIpc) is 4.04. The number of H-pyrrole nitrogens is 2. The maximum Gasteiger partial charge on any atom is 0.407 e. The van der Waals surface area contributed by atoms with Gasteiger partial charge >= 0.3 is 12.2 Å². The number of nitrogens with zero attached hydrogens (tertiary/aromatic N) is 4. The minimum Gasteiger partial charge on any atom is -0.616 e. The normalized spacial score (nSPS) is 19.5. The molecule has 0 radical (unpaired) electrons. The van der Waals surface area contributed by atoms with Gasteiger partial charge in [0.05, 0.1) is 50.5 Å². The summed E-state index contributed by atoms with van der Waals surface area (Å²) in [5, 5.41) is 5.55. The number of aromatic amines is 2. The van der Waals surface area contributed by atoms with Gasteiger partial charge < -0.3 is 44.4 Å². The molecule has 4 aromatic rings. The van der Waals surface area contributed by atoms with Crippen LogP contribution in [0.2, 0.25) is 10.3 Å². The summed E-state index contributed by atoms with van der Waals surface area (Å²) < 4.78 is 22.1. The molecule has 4 N–H and O–H groups in total. The van der Waals surface area contributed by atoms with Gasteiger partial charge in [-0.05, 0) is 35.8 Å². The van der Waals surface area contributed by atoms with Gasteiger partial charge in [0.1, 0.15) is 29.0 Å². The highest BCUT2D eigenvalue weighted by atomic mass is 35.5. The smallest absolute Gasteiger partial charge is 0.407 e. The van der Waals surface area contributed by atoms with Crippen molar-refractivity contribution < 1.29 is 33.2 Å². The highest BCUT2D eigenvalue weighted by Crippen LogP contribution is 2.39. The molecule has 18 heteroatoms. The van der Waals surface area contributed by atoms with Crippen LogP contribution in [0.15, 0.2) is 48.5 Å². The van der Waals surface area contributed by atoms with Crippen molar-refractivity contribution in [2.45, 2.75) is 76.4 Å². The van der Waals surface area contributed by atoms with Crippen molar-refractivity contribution in [2.75, 3.05) is 33.6 Å². The van der Waals surface area contributed by atoms with Gasteiger partial charge in [-0.25, -0.2) is 19.6 Å². The molecule has 1 unspecified atom stereocenters. The predicted molar refractivity (Wildman–Crippen MR) is 226 cm³/mol. The molecule has 0 saturated carbocycles. The van der Waals surface area contributed by atoms with Crippen LogP contribution in [0.1, 0.15) is 70.7 Å². The molecule has 2 aliphatic rings. The summed E-state index contributed by atoms with van der Waals surface area (Å²) in [4.78, 5) is 70.8. The van der Waals surface area contributed by atoms with Gasteiger partial charge in [0.25, 0.3) is 0 Å². The number of carbonyl (C=O) groups is 4. The van der Waals surface area contributed by atoms with E-state index in [1.54, 1.807) is 16.1 Å². The summed E-state index contributed by atoms with van der Waals surface area (Å²) in [7, 11) is 2.51. The number of ether oxygens (including phenoxy) is 2. The van der Waals surface area contributed by atoms with Crippen LogP contribution in [0.25, 0.3) is 33.6 Å². The van der Waals surface area contributed by atoms with Crippen LogP contribution in [-0.2, 0) is 30.2 Å². The van der Waals surface area contributed by atoms with E-state index in [0.717, 1.165) is 28.7 Å². The fraction of sp³-hybridized carbons (Fsp3) is 0.463. The van der Waals surface area contributed by atoms with Gasteiger partial charge in [-0.1, -0.05) is 111 Å². The first kappa shape index (κ1) is 43.8. The number of rotatable bonds is 12. The van der Waals surface area contributed by atoms with Gasteiger partial charge in [-0.2, -0.15) is 0 Å². The number of imidazole rings is 2. The first-order valence-electron chi connectivity index (χ1n) is 19.5. The molecule has 2 aromatic heterocycles. The van der Waals surface area contributed by atoms with E-state index in [-0.39, 0.29) is 46.6 Å². The molecule has 0 bridgehead atoms. The number of nitrogens with one attached hydrogen (secondary N) is 4. The molecule has 15 nitrogen and oxygen atoms in total. The minimum atomic E-state index is -1.20. The highest BCUT2D eigenvalue weighted by molar-refractivity contribution is 7.91. The third kappa shape index (κ3) is 9.51. The first-order valence-corrected chi connectivity index (χ1v) is 21.8. The molecule has 0 spiro atoms. The third-order valence-electron chi connectivity index (χ3n) is 11.0. The number of carbonyl (C=O) groups excluding carboxylic acids is 4. The quantitative estimate of drug-likeness (QED) is 0.110. The fourth-order valence-corrected chi connectivity index (χ4v) is 9.03. The predicted octanol–water partition coefficient (Wildman–Crippen LogP) is 6.89. The van der Waals surface area contributed by atoms with E-state index in [4.69, 9.17) is 32.7 Å². The summed E-state index contributed by atoms with van der Waals surface area (Å²) in [5.41, 5.74) is 4.73. The second-order valence-electron chi connectivity index (χ2n) is 15.5. The SMILES string of the molecule is COC(=O)N[C@H](C(=O)N1CCC[C@H]1c1nc(Cl)c(-c2ccc(-c3ccc(-c4[nH]c([C@@H]5C[C@H]([S+](C)[O-])CN5C(=O)[C@@H](NC(=O)OC)C(C)C)nc4Cl)cc3)cc2)[nH]1)C(C)C. The van der Waals surface area contributed by atoms with Crippen LogP contribution in [-0.4, -0.2) is 109 Å². The summed E-state index contributed by atoms with van der Waals surface area (Å²) in [6, 6.07) is 13.2. The summed E-state index contributed by atoms with van der Waals surface area (Å²) in [6.45, 7) is 8.18. The van der Waals surface area contributed by atoms with E-state index in [9.17, 15) is 23.7 Å². The Hall–Kier alpha value is -4.77. The van der Waals surface area contributed by atoms with Gasteiger partial charge in [0.2, 0.25) is 11.8 Å². The molecule has 4 heterocycles. The zero-order chi connectivity index (χ0) is 42.7. The monoisotopic (exact) mass is 868 g/mol. The van der Waals surface area contributed by atoms with Crippen molar-refractivity contribution in [1.82, 2.24) is 40.4 Å². The molecule has 59 heavy (non-hydrogen) atoms. The van der Waals surface area contributed by atoms with Crippen LogP contribution in [0.4, 0.5) is 9.59 Å². The second kappa shape index (κ2) is 18.7. The molecule has 2 fully saturated rings. The van der Waals surface area contributed by atoms with E-state index >= 15 is 0 Å². The summed E-state index contributed by atoms with van der Waals surface area (Å²) >= 11 is 12.2. The number of amides is 4. The maximum absolute atomic E-state index is 13.8. The molecule has 2 saturated heterocycles. The Morgan fingerprint density at radius 1 is 0.746 bits per heavy atom. The number of methoxy groups -OCH3 is 2. The molecule has 2 aromatic carbocycles. The van der Waals surface area contributed by atoms with Crippen LogP contribution >= 0.6 is 23.2 Å². The van der Waals surface area contributed by atoms with Gasteiger partial charge in [-0.15, -0.1) is 0 Å². The number of hydrogen-bond donors (Lipinski definition) is 4. The zero-order valence-corrected chi connectivity index (χ0v) is 36.3. The lowest BCUT2D eigenvalue weighted by Crippen LogP contribution is -2.51. The molecule has 4 amide bonds. The maximum atomic E-state index is 13.8. The van der Waals surface area contributed by atoms with Crippen molar-refractivity contribution in [3.8, 4) is 33.6 Å².